The highest BCUT2D eigenvalue weighted by molar-refractivity contribution is 5.91. The summed E-state index contributed by atoms with van der Waals surface area (Å²) < 4.78 is 38.9. The molecule has 0 spiro atoms. The molecule has 4 atom stereocenters. The zero-order chi connectivity index (χ0) is 26.2. The molecule has 0 amide bonds. The number of esters is 1. The van der Waals surface area contributed by atoms with E-state index in [2.05, 4.69) is 19.1 Å². The molecular formula is C32H38F2O3. The predicted molar refractivity (Wildman–Crippen MR) is 143 cm³/mol. The highest BCUT2D eigenvalue weighted by Gasteiger charge is 2.35. The summed E-state index contributed by atoms with van der Waals surface area (Å²) in [6, 6.07) is 9.45. The maximum absolute atomic E-state index is 14.3. The number of allylic oxidation sites excluding steroid dienone is 3. The van der Waals surface area contributed by atoms with Crippen molar-refractivity contribution in [1.29, 1.82) is 0 Å². The van der Waals surface area contributed by atoms with Crippen LogP contribution in [0.15, 0.2) is 60.7 Å². The number of hydrogen-bond acceptors (Lipinski definition) is 3. The lowest BCUT2D eigenvalue weighted by molar-refractivity contribution is 0.0733. The van der Waals surface area contributed by atoms with Crippen molar-refractivity contribution in [2.75, 3.05) is 6.61 Å². The molecule has 2 fully saturated rings. The highest BCUT2D eigenvalue weighted by atomic mass is 19.1. The topological polar surface area (TPSA) is 35.5 Å². The van der Waals surface area contributed by atoms with E-state index >= 15 is 0 Å². The minimum absolute atomic E-state index is 0.0512. The zero-order valence-corrected chi connectivity index (χ0v) is 21.9. The van der Waals surface area contributed by atoms with Crippen molar-refractivity contribution >= 4 is 5.97 Å². The van der Waals surface area contributed by atoms with Crippen molar-refractivity contribution in [3.8, 4) is 11.5 Å². The van der Waals surface area contributed by atoms with E-state index in [9.17, 15) is 13.6 Å². The largest absolute Gasteiger partial charge is 0.483 e. The summed E-state index contributed by atoms with van der Waals surface area (Å²) in [6.07, 6.45) is 18.1. The van der Waals surface area contributed by atoms with Crippen molar-refractivity contribution in [2.45, 2.75) is 71.1 Å². The first-order valence-electron chi connectivity index (χ1n) is 13.6. The first kappa shape index (κ1) is 27.1. The average Bonchev–Trinajstić information content (AvgIpc) is 2.90. The quantitative estimate of drug-likeness (QED) is 0.193. The average molecular weight is 509 g/mol. The normalized spacial score (nSPS) is 23.8. The highest BCUT2D eigenvalue weighted by Crippen LogP contribution is 2.48. The van der Waals surface area contributed by atoms with Gasteiger partial charge in [-0.2, -0.15) is 0 Å². The van der Waals surface area contributed by atoms with E-state index in [1.165, 1.54) is 56.9 Å². The minimum Gasteiger partial charge on any atom is -0.483 e. The molecule has 5 heteroatoms. The van der Waals surface area contributed by atoms with Gasteiger partial charge in [-0.25, -0.2) is 13.6 Å². The molecule has 2 saturated carbocycles. The number of carbonyl (C=O) groups is 1. The van der Waals surface area contributed by atoms with E-state index in [-0.39, 0.29) is 12.4 Å². The van der Waals surface area contributed by atoms with E-state index in [4.69, 9.17) is 9.47 Å². The van der Waals surface area contributed by atoms with Crippen molar-refractivity contribution < 1.29 is 23.0 Å². The molecule has 2 aliphatic carbocycles. The number of fused-ring (bicyclic) bond motifs is 1. The number of carbonyl (C=O) groups excluding carboxylic acids is 1. The molecule has 0 saturated heterocycles. The Kier molecular flexibility index (Phi) is 9.54. The lowest BCUT2D eigenvalue weighted by atomic mass is 9.63. The Hall–Kier alpha value is -2.95. The van der Waals surface area contributed by atoms with Crippen LogP contribution in [-0.2, 0) is 0 Å². The molecule has 2 aromatic carbocycles. The molecule has 3 nitrogen and oxygen atoms in total. The molecular weight excluding hydrogens is 470 g/mol. The van der Waals surface area contributed by atoms with Gasteiger partial charge in [0.2, 0.25) is 0 Å². The van der Waals surface area contributed by atoms with Crippen LogP contribution in [0.1, 0.15) is 87.1 Å². The molecule has 2 aliphatic rings. The van der Waals surface area contributed by atoms with Crippen LogP contribution in [0.25, 0.3) is 0 Å². The van der Waals surface area contributed by atoms with Gasteiger partial charge in [-0.3, -0.25) is 0 Å². The van der Waals surface area contributed by atoms with Crippen LogP contribution in [0.3, 0.4) is 0 Å². The Morgan fingerprint density at radius 1 is 0.919 bits per heavy atom. The van der Waals surface area contributed by atoms with E-state index < -0.39 is 23.4 Å². The van der Waals surface area contributed by atoms with Crippen LogP contribution in [-0.4, -0.2) is 12.6 Å². The number of halogens is 2. The third-order valence-corrected chi connectivity index (χ3v) is 8.06. The lowest BCUT2D eigenvalue weighted by Gasteiger charge is -2.42. The third-order valence-electron chi connectivity index (χ3n) is 8.06. The second-order valence-electron chi connectivity index (χ2n) is 10.5. The van der Waals surface area contributed by atoms with Crippen LogP contribution in [0, 0.1) is 29.4 Å². The Bertz CT molecular complexity index is 1080. The van der Waals surface area contributed by atoms with Gasteiger partial charge in [0.1, 0.15) is 12.4 Å². The Morgan fingerprint density at radius 2 is 1.59 bits per heavy atom. The molecule has 0 heterocycles. The monoisotopic (exact) mass is 508 g/mol. The van der Waals surface area contributed by atoms with Gasteiger partial charge in [0.15, 0.2) is 17.4 Å². The van der Waals surface area contributed by atoms with E-state index in [0.29, 0.717) is 11.5 Å². The smallest absolute Gasteiger partial charge is 0.343 e. The number of ether oxygens (including phenoxy) is 2. The SMILES string of the molecule is C/C=C/CCC1CCC2CC(c3ccc(C(=O)Oc4cc(F)c(OC/C=C/C)c(F)c4)cc3)CCC2C1. The van der Waals surface area contributed by atoms with E-state index in [1.54, 1.807) is 31.2 Å². The molecule has 198 valence electrons. The van der Waals surface area contributed by atoms with Gasteiger partial charge in [-0.05, 0) is 100 Å². The molecule has 0 N–H and O–H groups in total. The summed E-state index contributed by atoms with van der Waals surface area (Å²) >= 11 is 0. The van der Waals surface area contributed by atoms with E-state index in [0.717, 1.165) is 29.9 Å². The van der Waals surface area contributed by atoms with Crippen LogP contribution in [0.5, 0.6) is 11.5 Å². The van der Waals surface area contributed by atoms with Crippen molar-refractivity contribution in [3.05, 3.63) is 83.5 Å². The van der Waals surface area contributed by atoms with Gasteiger partial charge in [-0.15, -0.1) is 0 Å². The minimum atomic E-state index is -0.912. The molecule has 4 unspecified atom stereocenters. The fourth-order valence-electron chi connectivity index (χ4n) is 6.07. The molecule has 0 radical (unpaired) electrons. The molecule has 2 aromatic rings. The van der Waals surface area contributed by atoms with Gasteiger partial charge in [0.05, 0.1) is 5.56 Å². The first-order valence-corrected chi connectivity index (χ1v) is 13.6. The fourth-order valence-corrected chi connectivity index (χ4v) is 6.07. The zero-order valence-electron chi connectivity index (χ0n) is 21.9. The molecule has 0 bridgehead atoms. The van der Waals surface area contributed by atoms with Gasteiger partial charge in [0, 0.05) is 12.1 Å². The fraction of sp³-hybridized carbons (Fsp3) is 0.469. The van der Waals surface area contributed by atoms with Crippen LogP contribution >= 0.6 is 0 Å². The molecule has 0 aliphatic heterocycles. The predicted octanol–water partition coefficient (Wildman–Crippen LogP) is 8.80. The van der Waals surface area contributed by atoms with Crippen LogP contribution < -0.4 is 9.47 Å². The third kappa shape index (κ3) is 7.09. The van der Waals surface area contributed by atoms with Crippen molar-refractivity contribution in [3.63, 3.8) is 0 Å². The lowest BCUT2D eigenvalue weighted by Crippen LogP contribution is -2.30. The summed E-state index contributed by atoms with van der Waals surface area (Å²) in [7, 11) is 0. The van der Waals surface area contributed by atoms with Gasteiger partial charge in [0.25, 0.3) is 0 Å². The molecule has 37 heavy (non-hydrogen) atoms. The summed E-state index contributed by atoms with van der Waals surface area (Å²) in [5, 5.41) is 0. The standard InChI is InChI=1S/C32H38F2O3/c1-3-5-7-8-22-9-10-27-19-26(16-15-25(27)18-22)23-11-13-24(14-12-23)32(35)37-28-20-29(33)31(30(34)21-28)36-17-6-4-2/h3-6,11-14,20-22,25-27H,7-10,15-19H2,1-2H3/b5-3+,6-4+. The van der Waals surface area contributed by atoms with E-state index in [1.807, 2.05) is 12.1 Å². The maximum atomic E-state index is 14.3. The van der Waals surface area contributed by atoms with Crippen LogP contribution in [0.2, 0.25) is 0 Å². The number of rotatable bonds is 9. The van der Waals surface area contributed by atoms with Crippen molar-refractivity contribution in [1.82, 2.24) is 0 Å². The Labute approximate surface area is 219 Å². The van der Waals surface area contributed by atoms with Gasteiger partial charge < -0.3 is 9.47 Å². The Morgan fingerprint density at radius 3 is 2.30 bits per heavy atom. The molecule has 0 aromatic heterocycles. The number of hydrogen-bond donors (Lipinski definition) is 0. The summed E-state index contributed by atoms with van der Waals surface area (Å²) in [6.45, 7) is 3.93. The Balaban J connectivity index is 1.32. The summed E-state index contributed by atoms with van der Waals surface area (Å²) in [5.41, 5.74) is 1.61. The summed E-state index contributed by atoms with van der Waals surface area (Å²) in [4.78, 5) is 12.6. The first-order chi connectivity index (χ1) is 18.0. The van der Waals surface area contributed by atoms with Gasteiger partial charge in [-0.1, -0.05) is 42.9 Å². The number of benzene rings is 2. The maximum Gasteiger partial charge on any atom is 0.343 e. The second kappa shape index (κ2) is 13.0. The summed E-state index contributed by atoms with van der Waals surface area (Å²) in [5.74, 6) is -0.0942. The van der Waals surface area contributed by atoms with Gasteiger partial charge >= 0.3 is 5.97 Å². The van der Waals surface area contributed by atoms with Crippen LogP contribution in [0.4, 0.5) is 8.78 Å². The van der Waals surface area contributed by atoms with Crippen molar-refractivity contribution in [2.24, 2.45) is 17.8 Å². The second-order valence-corrected chi connectivity index (χ2v) is 10.5. The molecule has 4 rings (SSSR count).